The first-order valence-electron chi connectivity index (χ1n) is 7.99. The number of sulfone groups is 1. The summed E-state index contributed by atoms with van der Waals surface area (Å²) in [7, 11) is -6.32. The minimum absolute atomic E-state index is 0.0728. The van der Waals surface area contributed by atoms with Crippen LogP contribution >= 0.6 is 0 Å². The van der Waals surface area contributed by atoms with Crippen LogP contribution in [0.4, 0.5) is 11.4 Å². The topological polar surface area (TPSA) is 145 Å². The monoisotopic (exact) mass is 427 g/mol. The largest absolute Gasteiger partial charge is 0.380 e. The van der Waals surface area contributed by atoms with Gasteiger partial charge >= 0.3 is 0 Å². The first-order valence-corrected chi connectivity index (χ1v) is 11.4. The fraction of sp³-hybridized carbons (Fsp3) is 0.235. The average Bonchev–Trinajstić information content (AvgIpc) is 2.58. The standard InChI is InChI=1S/C17H21N3O6S2/c1-26-11-17(21)20-13-5-3-4-12(8-13)10-19-15-7-6-14(28(18,24)25)9-16(15)27(2,22)23/h3-9,19H,10-11H2,1-2H3,(H,20,21)(H2,18,24,25). The van der Waals surface area contributed by atoms with Crippen molar-refractivity contribution >= 4 is 37.1 Å². The van der Waals surface area contributed by atoms with E-state index in [4.69, 9.17) is 9.88 Å². The quantitative estimate of drug-likeness (QED) is 0.568. The molecule has 0 aromatic heterocycles. The van der Waals surface area contributed by atoms with Crippen molar-refractivity contribution in [3.63, 3.8) is 0 Å². The van der Waals surface area contributed by atoms with Crippen molar-refractivity contribution in [2.24, 2.45) is 5.14 Å². The lowest BCUT2D eigenvalue weighted by Gasteiger charge is -2.13. The molecule has 0 atom stereocenters. The summed E-state index contributed by atoms with van der Waals surface area (Å²) in [4.78, 5) is 11.1. The minimum Gasteiger partial charge on any atom is -0.380 e. The molecule has 0 saturated heterocycles. The van der Waals surface area contributed by atoms with Crippen LogP contribution in [0, 0.1) is 0 Å². The molecule has 4 N–H and O–H groups in total. The first-order chi connectivity index (χ1) is 13.0. The number of ether oxygens (including phenoxy) is 1. The maximum absolute atomic E-state index is 12.0. The number of methoxy groups -OCH3 is 1. The molecule has 0 aliphatic carbocycles. The van der Waals surface area contributed by atoms with Crippen LogP contribution in [-0.2, 0) is 35.9 Å². The summed E-state index contributed by atoms with van der Waals surface area (Å²) in [6.07, 6.45) is 0.979. The number of rotatable bonds is 8. The Kier molecular flexibility index (Phi) is 6.77. The third-order valence-electron chi connectivity index (χ3n) is 3.65. The molecule has 0 spiro atoms. The summed E-state index contributed by atoms with van der Waals surface area (Å²) in [5, 5.41) is 10.7. The van der Waals surface area contributed by atoms with Crippen LogP contribution in [0.15, 0.2) is 52.3 Å². The fourth-order valence-electron chi connectivity index (χ4n) is 2.42. The molecule has 2 rings (SSSR count). The molecule has 0 heterocycles. The lowest BCUT2D eigenvalue weighted by atomic mass is 10.2. The van der Waals surface area contributed by atoms with Crippen LogP contribution in [0.25, 0.3) is 0 Å². The molecule has 0 aliphatic rings. The molecule has 152 valence electrons. The molecule has 2 aromatic carbocycles. The van der Waals surface area contributed by atoms with E-state index in [1.807, 2.05) is 0 Å². The second-order valence-corrected chi connectivity index (χ2v) is 9.56. The van der Waals surface area contributed by atoms with Crippen molar-refractivity contribution in [3.8, 4) is 0 Å². The number of carbonyl (C=O) groups is 1. The number of hydrogen-bond donors (Lipinski definition) is 3. The predicted octanol–water partition coefficient (Wildman–Crippen LogP) is 0.935. The van der Waals surface area contributed by atoms with Crippen molar-refractivity contribution in [1.82, 2.24) is 0 Å². The van der Waals surface area contributed by atoms with E-state index in [9.17, 15) is 21.6 Å². The van der Waals surface area contributed by atoms with Gasteiger partial charge in [-0.2, -0.15) is 0 Å². The van der Waals surface area contributed by atoms with E-state index in [2.05, 4.69) is 10.6 Å². The molecule has 0 saturated carbocycles. The Morgan fingerprint density at radius 1 is 1.11 bits per heavy atom. The number of primary sulfonamides is 1. The first kappa shape index (κ1) is 21.8. The molecule has 0 aliphatic heterocycles. The van der Waals surface area contributed by atoms with Crippen molar-refractivity contribution in [1.29, 1.82) is 0 Å². The summed E-state index contributed by atoms with van der Waals surface area (Å²) >= 11 is 0. The molecule has 11 heteroatoms. The van der Waals surface area contributed by atoms with E-state index in [1.165, 1.54) is 19.2 Å². The van der Waals surface area contributed by atoms with Gasteiger partial charge in [0, 0.05) is 25.6 Å². The lowest BCUT2D eigenvalue weighted by Crippen LogP contribution is -2.17. The number of nitrogens with two attached hydrogens (primary N) is 1. The summed E-state index contributed by atoms with van der Waals surface area (Å²) in [5.74, 6) is -0.300. The minimum atomic E-state index is -4.03. The van der Waals surface area contributed by atoms with Crippen molar-refractivity contribution in [2.45, 2.75) is 16.3 Å². The van der Waals surface area contributed by atoms with Crippen LogP contribution < -0.4 is 15.8 Å². The zero-order valence-corrected chi connectivity index (χ0v) is 16.9. The maximum Gasteiger partial charge on any atom is 0.250 e. The van der Waals surface area contributed by atoms with Gasteiger partial charge in [-0.15, -0.1) is 0 Å². The van der Waals surface area contributed by atoms with Gasteiger partial charge in [0.2, 0.25) is 15.9 Å². The van der Waals surface area contributed by atoms with E-state index in [0.29, 0.717) is 5.69 Å². The molecule has 2 aromatic rings. The molecule has 1 amide bonds. The van der Waals surface area contributed by atoms with Gasteiger partial charge in [0.15, 0.2) is 9.84 Å². The van der Waals surface area contributed by atoms with Gasteiger partial charge in [0.25, 0.3) is 0 Å². The number of benzene rings is 2. The van der Waals surface area contributed by atoms with Crippen LogP contribution in [0.2, 0.25) is 0 Å². The lowest BCUT2D eigenvalue weighted by molar-refractivity contribution is -0.119. The number of anilines is 2. The van der Waals surface area contributed by atoms with Crippen LogP contribution in [-0.4, -0.2) is 42.7 Å². The second-order valence-electron chi connectivity index (χ2n) is 6.01. The van der Waals surface area contributed by atoms with E-state index >= 15 is 0 Å². The van der Waals surface area contributed by atoms with E-state index < -0.39 is 19.9 Å². The Morgan fingerprint density at radius 3 is 2.43 bits per heavy atom. The maximum atomic E-state index is 12.0. The van der Waals surface area contributed by atoms with Crippen LogP contribution in [0.5, 0.6) is 0 Å². The van der Waals surface area contributed by atoms with Gasteiger partial charge in [0.05, 0.1) is 15.5 Å². The predicted molar refractivity (Wildman–Crippen MR) is 105 cm³/mol. The molecular formula is C17H21N3O6S2. The average molecular weight is 428 g/mol. The molecule has 0 unspecified atom stereocenters. The Labute approximate surface area is 163 Å². The summed E-state index contributed by atoms with van der Waals surface area (Å²) in [6, 6.07) is 10.6. The second kappa shape index (κ2) is 8.69. The third kappa shape index (κ3) is 6.02. The molecule has 0 bridgehead atoms. The Morgan fingerprint density at radius 2 is 1.82 bits per heavy atom. The highest BCUT2D eigenvalue weighted by Gasteiger charge is 2.18. The SMILES string of the molecule is COCC(=O)Nc1cccc(CNc2ccc(S(N)(=O)=O)cc2S(C)(=O)=O)c1. The highest BCUT2D eigenvalue weighted by atomic mass is 32.2. The van der Waals surface area contributed by atoms with E-state index in [1.54, 1.807) is 24.3 Å². The Balaban J connectivity index is 2.24. The molecule has 9 nitrogen and oxygen atoms in total. The summed E-state index contributed by atoms with van der Waals surface area (Å²) in [5.41, 5.74) is 1.57. The smallest absolute Gasteiger partial charge is 0.250 e. The van der Waals surface area contributed by atoms with E-state index in [-0.39, 0.29) is 34.5 Å². The molecule has 0 fully saturated rings. The summed E-state index contributed by atoms with van der Waals surface area (Å²) in [6.45, 7) is 0.168. The Bertz CT molecular complexity index is 1080. The van der Waals surface area contributed by atoms with Gasteiger partial charge in [-0.25, -0.2) is 22.0 Å². The number of carbonyl (C=O) groups excluding carboxylic acids is 1. The fourth-order valence-corrected chi connectivity index (χ4v) is 3.91. The Hall–Kier alpha value is -2.47. The molecule has 0 radical (unpaired) electrons. The van der Waals surface area contributed by atoms with Gasteiger partial charge in [0.1, 0.15) is 6.61 Å². The molecular weight excluding hydrogens is 406 g/mol. The van der Waals surface area contributed by atoms with Gasteiger partial charge in [-0.05, 0) is 35.9 Å². The zero-order chi connectivity index (χ0) is 20.9. The molecule has 28 heavy (non-hydrogen) atoms. The van der Waals surface area contributed by atoms with Crippen molar-refractivity contribution < 1.29 is 26.4 Å². The van der Waals surface area contributed by atoms with Crippen molar-refractivity contribution in [3.05, 3.63) is 48.0 Å². The number of sulfonamides is 1. The normalized spacial score (nSPS) is 11.8. The number of nitrogens with one attached hydrogen (secondary N) is 2. The third-order valence-corrected chi connectivity index (χ3v) is 5.70. The van der Waals surface area contributed by atoms with Gasteiger partial charge in [-0.3, -0.25) is 4.79 Å². The van der Waals surface area contributed by atoms with Gasteiger partial charge in [-0.1, -0.05) is 12.1 Å². The van der Waals surface area contributed by atoms with Crippen LogP contribution in [0.1, 0.15) is 5.56 Å². The highest BCUT2D eigenvalue weighted by Crippen LogP contribution is 2.25. The zero-order valence-electron chi connectivity index (χ0n) is 15.3. The van der Waals surface area contributed by atoms with Crippen LogP contribution in [0.3, 0.4) is 0 Å². The highest BCUT2D eigenvalue weighted by molar-refractivity contribution is 7.91. The van der Waals surface area contributed by atoms with Crippen molar-refractivity contribution in [2.75, 3.05) is 30.6 Å². The number of hydrogen-bond acceptors (Lipinski definition) is 7. The van der Waals surface area contributed by atoms with Gasteiger partial charge < -0.3 is 15.4 Å². The van der Waals surface area contributed by atoms with E-state index in [0.717, 1.165) is 17.9 Å². The number of amides is 1. The summed E-state index contributed by atoms with van der Waals surface area (Å²) < 4.78 is 51.8.